The van der Waals surface area contributed by atoms with E-state index < -0.39 is 0 Å². The summed E-state index contributed by atoms with van der Waals surface area (Å²) in [5.41, 5.74) is 1.21. The largest absolute Gasteiger partial charge is 0.269 e. The highest BCUT2D eigenvalue weighted by Crippen LogP contribution is 2.24. The lowest BCUT2D eigenvalue weighted by Gasteiger charge is -2.17. The van der Waals surface area contributed by atoms with Gasteiger partial charge in [-0.1, -0.05) is 40.7 Å². The Hall–Kier alpha value is -0.590. The number of aliphatic imine (C=N–C) groups is 1. The van der Waals surface area contributed by atoms with Gasteiger partial charge >= 0.3 is 0 Å². The van der Waals surface area contributed by atoms with Gasteiger partial charge in [-0.25, -0.2) is 0 Å². The molecule has 1 heteroatoms. The maximum absolute atomic E-state index is 3.89. The van der Waals surface area contributed by atoms with Crippen LogP contribution in [0.25, 0.3) is 0 Å². The lowest BCUT2D eigenvalue weighted by atomic mass is 9.92. The number of allylic oxidation sites excluding steroid dienone is 2. The lowest BCUT2D eigenvalue weighted by molar-refractivity contribution is 0.498. The lowest BCUT2D eigenvalue weighted by Crippen LogP contribution is -2.06. The third-order valence-electron chi connectivity index (χ3n) is 1.21. The molecule has 0 N–H and O–H groups in total. The van der Waals surface area contributed by atoms with Crippen molar-refractivity contribution in [3.8, 4) is 0 Å². The van der Waals surface area contributed by atoms with Crippen molar-refractivity contribution in [1.29, 1.82) is 0 Å². The van der Waals surface area contributed by atoms with Crippen LogP contribution < -0.4 is 0 Å². The fourth-order valence-corrected chi connectivity index (χ4v) is 0.761. The van der Waals surface area contributed by atoms with E-state index in [1.165, 1.54) is 0 Å². The summed E-state index contributed by atoms with van der Waals surface area (Å²) >= 11 is 0. The highest BCUT2D eigenvalue weighted by molar-refractivity contribution is 5.30. The predicted octanol–water partition coefficient (Wildman–Crippen LogP) is 3.66. The Morgan fingerprint density at radius 3 is 1.64 bits per heavy atom. The van der Waals surface area contributed by atoms with Crippen LogP contribution in [0.3, 0.4) is 0 Å². The zero-order valence-electron chi connectivity index (χ0n) is 8.73. The summed E-state index contributed by atoms with van der Waals surface area (Å²) in [6, 6.07) is 0. The molecule has 0 aliphatic heterocycles. The van der Waals surface area contributed by atoms with Gasteiger partial charge in [-0.15, -0.1) is 0 Å². The molecule has 0 saturated carbocycles. The minimum absolute atomic E-state index is 0.149. The zero-order chi connectivity index (χ0) is 9.49. The summed E-state index contributed by atoms with van der Waals surface area (Å²) in [5, 5.41) is 0. The van der Waals surface area contributed by atoms with Gasteiger partial charge in [0.2, 0.25) is 0 Å². The van der Waals surface area contributed by atoms with Crippen LogP contribution >= 0.6 is 0 Å². The molecule has 1 nitrogen and oxygen atoms in total. The van der Waals surface area contributed by atoms with E-state index in [0.717, 1.165) is 5.70 Å². The molecule has 0 aliphatic rings. The Kier molecular flexibility index (Phi) is 7.28. The summed E-state index contributed by atoms with van der Waals surface area (Å²) in [6.45, 7) is 15.8. The van der Waals surface area contributed by atoms with E-state index in [9.17, 15) is 0 Å². The molecule has 0 bridgehead atoms. The van der Waals surface area contributed by atoms with Crippen LogP contribution in [0.2, 0.25) is 0 Å². The molecule has 0 spiro atoms. The van der Waals surface area contributed by atoms with E-state index in [1.54, 1.807) is 0 Å². The maximum atomic E-state index is 3.89. The monoisotopic (exact) mass is 155 g/mol. The molecule has 11 heavy (non-hydrogen) atoms. The van der Waals surface area contributed by atoms with Gasteiger partial charge in [0.15, 0.2) is 0 Å². The van der Waals surface area contributed by atoms with Gasteiger partial charge in [0.25, 0.3) is 0 Å². The average molecular weight is 155 g/mol. The first-order valence-electron chi connectivity index (χ1n) is 4.16. The van der Waals surface area contributed by atoms with Crippen LogP contribution in [-0.4, -0.2) is 6.72 Å². The second-order valence-corrected chi connectivity index (χ2v) is 3.08. The van der Waals surface area contributed by atoms with Gasteiger partial charge in [0, 0.05) is 11.1 Å². The zero-order valence-corrected chi connectivity index (χ0v) is 8.73. The predicted molar refractivity (Wildman–Crippen MR) is 54.1 cm³/mol. The minimum Gasteiger partial charge on any atom is -0.269 e. The Morgan fingerprint density at radius 1 is 1.27 bits per heavy atom. The third-order valence-corrected chi connectivity index (χ3v) is 1.21. The van der Waals surface area contributed by atoms with Crippen LogP contribution in [-0.2, 0) is 0 Å². The normalized spacial score (nSPS) is 11.6. The fraction of sp³-hybridized carbons (Fsp3) is 0.700. The van der Waals surface area contributed by atoms with Crippen LogP contribution in [0.4, 0.5) is 0 Å². The van der Waals surface area contributed by atoms with Crippen molar-refractivity contribution in [1.82, 2.24) is 0 Å². The molecule has 0 amide bonds. The average Bonchev–Trinajstić information content (AvgIpc) is 1.92. The van der Waals surface area contributed by atoms with Crippen LogP contribution in [0.15, 0.2) is 16.8 Å². The van der Waals surface area contributed by atoms with Crippen molar-refractivity contribution >= 4 is 6.72 Å². The Morgan fingerprint density at radius 2 is 1.64 bits per heavy atom. The van der Waals surface area contributed by atoms with Gasteiger partial charge in [-0.2, -0.15) is 0 Å². The minimum atomic E-state index is 0.149. The fourth-order valence-electron chi connectivity index (χ4n) is 0.761. The molecular weight excluding hydrogens is 134 g/mol. The molecule has 0 aromatic carbocycles. The van der Waals surface area contributed by atoms with Crippen molar-refractivity contribution in [2.24, 2.45) is 10.4 Å². The van der Waals surface area contributed by atoms with Gasteiger partial charge in [0.05, 0.1) is 0 Å². The number of hydrogen-bond donors (Lipinski definition) is 0. The molecule has 0 heterocycles. The first-order chi connectivity index (χ1) is 5.02. The molecule has 0 saturated heterocycles. The summed E-state index contributed by atoms with van der Waals surface area (Å²) in [5.74, 6) is 0. The van der Waals surface area contributed by atoms with Crippen molar-refractivity contribution in [2.45, 2.75) is 41.5 Å². The molecule has 0 aromatic rings. The number of nitrogens with zero attached hydrogens (tertiary/aromatic N) is 1. The van der Waals surface area contributed by atoms with Crippen LogP contribution in [0.1, 0.15) is 41.5 Å². The number of rotatable bonds is 1. The first kappa shape index (κ1) is 13.0. The standard InChI is InChI=1S/C8H15N.C2H6/c1-6-7(9-5)8(2,3)4;1-2/h6H,5H2,1-4H3;1-2H3/b7-6-;. The second-order valence-electron chi connectivity index (χ2n) is 3.08. The van der Waals surface area contributed by atoms with E-state index >= 15 is 0 Å². The second kappa shape index (κ2) is 6.14. The topological polar surface area (TPSA) is 12.4 Å². The smallest absolute Gasteiger partial charge is 0.0407 e. The molecule has 0 aliphatic carbocycles. The van der Waals surface area contributed by atoms with E-state index in [4.69, 9.17) is 0 Å². The van der Waals surface area contributed by atoms with Crippen molar-refractivity contribution in [3.63, 3.8) is 0 Å². The molecule has 0 radical (unpaired) electrons. The molecule has 0 rings (SSSR count). The molecule has 66 valence electrons. The molecule has 0 atom stereocenters. The van der Waals surface area contributed by atoms with E-state index in [-0.39, 0.29) is 5.41 Å². The van der Waals surface area contributed by atoms with Crippen LogP contribution in [0, 0.1) is 5.41 Å². The number of hydrogen-bond acceptors (Lipinski definition) is 1. The summed E-state index contributed by atoms with van der Waals surface area (Å²) < 4.78 is 0. The van der Waals surface area contributed by atoms with Crippen molar-refractivity contribution < 1.29 is 0 Å². The quantitative estimate of drug-likeness (QED) is 0.512. The Balaban J connectivity index is 0. The summed E-state index contributed by atoms with van der Waals surface area (Å²) in [7, 11) is 0. The SMILES string of the molecule is C=N/C(=C\C)C(C)(C)C.CC. The molecular formula is C10H21N. The van der Waals surface area contributed by atoms with Crippen LogP contribution in [0.5, 0.6) is 0 Å². The third kappa shape index (κ3) is 5.84. The van der Waals surface area contributed by atoms with Gasteiger partial charge in [-0.05, 0) is 13.6 Å². The molecule has 0 fully saturated rings. The Labute approximate surface area is 71.2 Å². The highest BCUT2D eigenvalue weighted by Gasteiger charge is 2.13. The maximum Gasteiger partial charge on any atom is 0.0407 e. The van der Waals surface area contributed by atoms with E-state index in [2.05, 4.69) is 32.5 Å². The van der Waals surface area contributed by atoms with Crippen molar-refractivity contribution in [3.05, 3.63) is 11.8 Å². The first-order valence-corrected chi connectivity index (χ1v) is 4.16. The van der Waals surface area contributed by atoms with Gasteiger partial charge in [-0.3, -0.25) is 4.99 Å². The summed E-state index contributed by atoms with van der Waals surface area (Å²) in [6.07, 6.45) is 1.99. The molecule has 0 unspecified atom stereocenters. The van der Waals surface area contributed by atoms with Crippen molar-refractivity contribution in [2.75, 3.05) is 0 Å². The summed E-state index contributed by atoms with van der Waals surface area (Å²) in [4.78, 5) is 3.89. The van der Waals surface area contributed by atoms with E-state index in [1.807, 2.05) is 26.8 Å². The highest BCUT2D eigenvalue weighted by atomic mass is 14.7. The molecule has 0 aromatic heterocycles. The Bertz CT molecular complexity index is 126. The van der Waals surface area contributed by atoms with Gasteiger partial charge < -0.3 is 0 Å². The van der Waals surface area contributed by atoms with E-state index in [0.29, 0.717) is 0 Å². The van der Waals surface area contributed by atoms with Gasteiger partial charge in [0.1, 0.15) is 0 Å².